The van der Waals surface area contributed by atoms with Gasteiger partial charge in [-0.2, -0.15) is 5.26 Å². The van der Waals surface area contributed by atoms with Gasteiger partial charge in [0.15, 0.2) is 0 Å². The summed E-state index contributed by atoms with van der Waals surface area (Å²) in [4.78, 5) is 9.52. The largest absolute Gasteiger partial charge is 0.355 e. The monoisotopic (exact) mass is 271 g/mol. The highest BCUT2D eigenvalue weighted by atomic mass is 15.3. The molecule has 1 aromatic rings. The summed E-state index contributed by atoms with van der Waals surface area (Å²) in [5.74, 6) is 1.01. The number of hydrogen-bond acceptors (Lipinski definition) is 5. The van der Waals surface area contributed by atoms with Crippen LogP contribution in [0.2, 0.25) is 0 Å². The van der Waals surface area contributed by atoms with Crippen LogP contribution in [0.1, 0.15) is 17.7 Å². The highest BCUT2D eigenvalue weighted by molar-refractivity contribution is 5.46. The molecular formula is C15H21N5. The van der Waals surface area contributed by atoms with E-state index in [0.717, 1.165) is 50.8 Å². The molecule has 106 valence electrons. The molecule has 3 rings (SSSR count). The molecule has 0 amide bonds. The van der Waals surface area contributed by atoms with Crippen LogP contribution in [0.15, 0.2) is 12.1 Å². The lowest BCUT2D eigenvalue weighted by Gasteiger charge is -2.32. The second-order valence-electron chi connectivity index (χ2n) is 5.59. The molecule has 0 aromatic carbocycles. The molecule has 5 nitrogen and oxygen atoms in total. The Hall–Kier alpha value is -1.64. The van der Waals surface area contributed by atoms with Gasteiger partial charge in [-0.15, -0.1) is 0 Å². The van der Waals surface area contributed by atoms with Crippen LogP contribution in [0.5, 0.6) is 0 Å². The maximum atomic E-state index is 8.97. The van der Waals surface area contributed by atoms with Crippen LogP contribution < -0.4 is 10.2 Å². The van der Waals surface area contributed by atoms with Crippen LogP contribution in [0.3, 0.4) is 0 Å². The zero-order valence-electron chi connectivity index (χ0n) is 12.0. The summed E-state index contributed by atoms with van der Waals surface area (Å²) in [6, 6.07) is 6.69. The Labute approximate surface area is 120 Å². The van der Waals surface area contributed by atoms with Gasteiger partial charge in [-0.05, 0) is 25.5 Å². The van der Waals surface area contributed by atoms with Crippen molar-refractivity contribution in [3.05, 3.63) is 23.4 Å². The number of aromatic nitrogens is 1. The van der Waals surface area contributed by atoms with Crippen LogP contribution in [-0.4, -0.2) is 55.2 Å². The normalized spacial score (nSPS) is 23.8. The van der Waals surface area contributed by atoms with Crippen molar-refractivity contribution in [2.75, 3.05) is 44.2 Å². The van der Waals surface area contributed by atoms with Gasteiger partial charge in [0.1, 0.15) is 11.9 Å². The lowest BCUT2D eigenvalue weighted by molar-refractivity contribution is 0.185. The van der Waals surface area contributed by atoms with E-state index in [9.17, 15) is 0 Å². The maximum absolute atomic E-state index is 8.97. The van der Waals surface area contributed by atoms with E-state index in [2.05, 4.69) is 26.2 Å². The molecule has 0 bridgehead atoms. The minimum Gasteiger partial charge on any atom is -0.355 e. The first kappa shape index (κ1) is 13.3. The quantitative estimate of drug-likeness (QED) is 0.860. The van der Waals surface area contributed by atoms with Crippen LogP contribution in [0.4, 0.5) is 5.82 Å². The SMILES string of the molecule is Cc1nc(N2CCC(N3CCNCC3)C2)ccc1C#N. The van der Waals surface area contributed by atoms with E-state index in [1.165, 1.54) is 6.42 Å². The van der Waals surface area contributed by atoms with E-state index in [1.54, 1.807) is 0 Å². The van der Waals surface area contributed by atoms with Crippen LogP contribution in [-0.2, 0) is 0 Å². The van der Waals surface area contributed by atoms with Gasteiger partial charge in [0, 0.05) is 45.3 Å². The first-order chi connectivity index (χ1) is 9.78. The summed E-state index contributed by atoms with van der Waals surface area (Å²) in [5.41, 5.74) is 1.50. The molecule has 20 heavy (non-hydrogen) atoms. The number of pyridine rings is 1. The van der Waals surface area contributed by atoms with Gasteiger partial charge in [0.25, 0.3) is 0 Å². The lowest BCUT2D eigenvalue weighted by Crippen LogP contribution is -2.49. The molecule has 2 fully saturated rings. The summed E-state index contributed by atoms with van der Waals surface area (Å²) in [6.45, 7) is 8.53. The average molecular weight is 271 g/mol. The molecule has 1 unspecified atom stereocenters. The Balaban J connectivity index is 1.67. The van der Waals surface area contributed by atoms with Gasteiger partial charge in [0.2, 0.25) is 0 Å². The number of nitrogens with zero attached hydrogens (tertiary/aromatic N) is 4. The molecule has 1 atom stereocenters. The fourth-order valence-electron chi connectivity index (χ4n) is 3.14. The smallest absolute Gasteiger partial charge is 0.128 e. The lowest BCUT2D eigenvalue weighted by atomic mass is 10.2. The Bertz CT molecular complexity index is 515. The fraction of sp³-hybridized carbons (Fsp3) is 0.600. The highest BCUT2D eigenvalue weighted by Gasteiger charge is 2.29. The molecule has 3 heterocycles. The van der Waals surface area contributed by atoms with Gasteiger partial charge >= 0.3 is 0 Å². The summed E-state index contributed by atoms with van der Waals surface area (Å²) in [7, 11) is 0. The summed E-state index contributed by atoms with van der Waals surface area (Å²) < 4.78 is 0. The molecule has 5 heteroatoms. The third-order valence-corrected chi connectivity index (χ3v) is 4.35. The molecule has 0 radical (unpaired) electrons. The average Bonchev–Trinajstić information content (AvgIpc) is 2.98. The van der Waals surface area contributed by atoms with Gasteiger partial charge in [-0.1, -0.05) is 0 Å². The van der Waals surface area contributed by atoms with Crippen molar-refractivity contribution in [1.29, 1.82) is 5.26 Å². The zero-order valence-corrected chi connectivity index (χ0v) is 12.0. The predicted octanol–water partition coefficient (Wildman–Crippen LogP) is 0.746. The van der Waals surface area contributed by atoms with E-state index in [-0.39, 0.29) is 0 Å². The fourth-order valence-corrected chi connectivity index (χ4v) is 3.14. The molecular weight excluding hydrogens is 250 g/mol. The molecule has 0 saturated carbocycles. The van der Waals surface area contributed by atoms with Crippen molar-refractivity contribution in [3.63, 3.8) is 0 Å². The predicted molar refractivity (Wildman–Crippen MR) is 78.7 cm³/mol. The van der Waals surface area contributed by atoms with E-state index < -0.39 is 0 Å². The molecule has 1 aromatic heterocycles. The second-order valence-corrected chi connectivity index (χ2v) is 5.59. The van der Waals surface area contributed by atoms with Crippen molar-refractivity contribution in [1.82, 2.24) is 15.2 Å². The molecule has 2 aliphatic heterocycles. The number of piperazine rings is 1. The third-order valence-electron chi connectivity index (χ3n) is 4.35. The second kappa shape index (κ2) is 5.78. The first-order valence-corrected chi connectivity index (χ1v) is 7.35. The molecule has 0 aliphatic carbocycles. The number of nitrogens with one attached hydrogen (secondary N) is 1. The molecule has 2 aliphatic rings. The molecule has 2 saturated heterocycles. The molecule has 0 spiro atoms. The Morgan fingerprint density at radius 1 is 1.30 bits per heavy atom. The Morgan fingerprint density at radius 2 is 2.10 bits per heavy atom. The van der Waals surface area contributed by atoms with Gasteiger partial charge in [-0.25, -0.2) is 4.98 Å². The topological polar surface area (TPSA) is 55.2 Å². The van der Waals surface area contributed by atoms with Gasteiger partial charge in [0.05, 0.1) is 11.3 Å². The summed E-state index contributed by atoms with van der Waals surface area (Å²) in [5, 5.41) is 12.4. The van der Waals surface area contributed by atoms with Crippen molar-refractivity contribution < 1.29 is 0 Å². The summed E-state index contributed by atoms with van der Waals surface area (Å²) >= 11 is 0. The summed E-state index contributed by atoms with van der Waals surface area (Å²) in [6.07, 6.45) is 1.21. The zero-order chi connectivity index (χ0) is 13.9. The minimum atomic E-state index is 0.648. The van der Waals surface area contributed by atoms with Crippen molar-refractivity contribution >= 4 is 5.82 Å². The van der Waals surface area contributed by atoms with Crippen LogP contribution in [0, 0.1) is 18.3 Å². The Kier molecular flexibility index (Phi) is 3.86. The number of aryl methyl sites for hydroxylation is 1. The maximum Gasteiger partial charge on any atom is 0.128 e. The van der Waals surface area contributed by atoms with Crippen LogP contribution in [0.25, 0.3) is 0 Å². The number of rotatable bonds is 2. The van der Waals surface area contributed by atoms with Gasteiger partial charge < -0.3 is 10.2 Å². The van der Waals surface area contributed by atoms with Crippen molar-refractivity contribution in [3.8, 4) is 6.07 Å². The first-order valence-electron chi connectivity index (χ1n) is 7.35. The van der Waals surface area contributed by atoms with E-state index in [4.69, 9.17) is 5.26 Å². The number of nitriles is 1. The van der Waals surface area contributed by atoms with Crippen molar-refractivity contribution in [2.24, 2.45) is 0 Å². The molecule has 1 N–H and O–H groups in total. The van der Waals surface area contributed by atoms with E-state index >= 15 is 0 Å². The van der Waals surface area contributed by atoms with E-state index in [1.807, 2.05) is 19.1 Å². The number of hydrogen-bond donors (Lipinski definition) is 1. The van der Waals surface area contributed by atoms with Crippen LogP contribution >= 0.6 is 0 Å². The highest BCUT2D eigenvalue weighted by Crippen LogP contribution is 2.22. The van der Waals surface area contributed by atoms with E-state index in [0.29, 0.717) is 11.6 Å². The Morgan fingerprint density at radius 3 is 2.80 bits per heavy atom. The number of anilines is 1. The third kappa shape index (κ3) is 2.62. The standard InChI is InChI=1S/C15H21N5/c1-12-13(10-16)2-3-15(18-12)20-7-4-14(11-20)19-8-5-17-6-9-19/h2-3,14,17H,4-9,11H2,1H3. The minimum absolute atomic E-state index is 0.648. The van der Waals surface area contributed by atoms with Gasteiger partial charge in [-0.3, -0.25) is 4.90 Å². The van der Waals surface area contributed by atoms with Crippen molar-refractivity contribution in [2.45, 2.75) is 19.4 Å².